The van der Waals surface area contributed by atoms with E-state index in [-0.39, 0.29) is 6.61 Å². The van der Waals surface area contributed by atoms with Crippen LogP contribution in [0.5, 0.6) is 0 Å². The number of aliphatic hydroxyl groups is 1. The van der Waals surface area contributed by atoms with Gasteiger partial charge < -0.3 is 15.3 Å². The molecule has 2 aliphatic rings. The van der Waals surface area contributed by atoms with Crippen molar-refractivity contribution in [1.82, 2.24) is 9.97 Å². The standard InChI is InChI=1S/C18H21ClN4O/c19-15-4-3-14-11-23(7-5-13(14)9-15)17-10-16(12-1-2-12)21-18(22-17)20-6-8-24/h3-4,9-10,12,24H,1-2,5-8,11H2,(H,20,21,22). The van der Waals surface area contributed by atoms with E-state index in [4.69, 9.17) is 16.7 Å². The first kappa shape index (κ1) is 15.7. The van der Waals surface area contributed by atoms with Crippen molar-refractivity contribution in [2.45, 2.75) is 31.7 Å². The molecule has 2 N–H and O–H groups in total. The lowest BCUT2D eigenvalue weighted by molar-refractivity contribution is 0.311. The molecule has 0 atom stereocenters. The van der Waals surface area contributed by atoms with Crippen LogP contribution >= 0.6 is 11.6 Å². The maximum Gasteiger partial charge on any atom is 0.224 e. The van der Waals surface area contributed by atoms with Crippen LogP contribution in [0.15, 0.2) is 24.3 Å². The smallest absolute Gasteiger partial charge is 0.224 e. The molecule has 0 radical (unpaired) electrons. The van der Waals surface area contributed by atoms with Gasteiger partial charge in [0.25, 0.3) is 0 Å². The van der Waals surface area contributed by atoms with Gasteiger partial charge in [0.1, 0.15) is 5.82 Å². The van der Waals surface area contributed by atoms with Crippen LogP contribution in [0, 0.1) is 0 Å². The first-order chi connectivity index (χ1) is 11.7. The zero-order valence-corrected chi connectivity index (χ0v) is 14.3. The van der Waals surface area contributed by atoms with E-state index in [2.05, 4.69) is 38.4 Å². The summed E-state index contributed by atoms with van der Waals surface area (Å²) in [7, 11) is 0. The summed E-state index contributed by atoms with van der Waals surface area (Å²) in [6.45, 7) is 2.31. The van der Waals surface area contributed by atoms with E-state index >= 15 is 0 Å². The molecule has 2 aromatic rings. The van der Waals surface area contributed by atoms with Gasteiger partial charge in [-0.2, -0.15) is 4.98 Å². The Bertz CT molecular complexity index is 748. The zero-order chi connectivity index (χ0) is 16.5. The third-order valence-corrected chi connectivity index (χ3v) is 4.86. The predicted molar refractivity (Wildman–Crippen MR) is 95.8 cm³/mol. The van der Waals surface area contributed by atoms with Gasteiger partial charge in [-0.15, -0.1) is 0 Å². The molecule has 4 rings (SSSR count). The Kier molecular flexibility index (Phi) is 4.29. The zero-order valence-electron chi connectivity index (χ0n) is 13.5. The average Bonchev–Trinajstić information content (AvgIpc) is 3.44. The van der Waals surface area contributed by atoms with E-state index in [0.717, 1.165) is 36.0 Å². The third kappa shape index (κ3) is 3.32. The summed E-state index contributed by atoms with van der Waals surface area (Å²) in [4.78, 5) is 11.6. The van der Waals surface area contributed by atoms with Crippen molar-refractivity contribution >= 4 is 23.4 Å². The summed E-state index contributed by atoms with van der Waals surface area (Å²) in [5.74, 6) is 2.15. The maximum atomic E-state index is 9.03. The SMILES string of the molecule is OCCNc1nc(C2CC2)cc(N2CCc3cc(Cl)ccc3C2)n1. The molecule has 0 bridgehead atoms. The Balaban J connectivity index is 1.61. The summed E-state index contributed by atoms with van der Waals surface area (Å²) in [5.41, 5.74) is 3.75. The fraction of sp³-hybridized carbons (Fsp3) is 0.444. The lowest BCUT2D eigenvalue weighted by Crippen LogP contribution is -2.31. The molecule has 1 aliphatic carbocycles. The van der Waals surface area contributed by atoms with Gasteiger partial charge in [0.2, 0.25) is 5.95 Å². The monoisotopic (exact) mass is 344 g/mol. The molecule has 0 saturated heterocycles. The lowest BCUT2D eigenvalue weighted by atomic mass is 10.00. The van der Waals surface area contributed by atoms with E-state index in [0.29, 0.717) is 18.4 Å². The van der Waals surface area contributed by atoms with E-state index in [1.807, 2.05) is 6.07 Å². The Morgan fingerprint density at radius 1 is 1.21 bits per heavy atom. The number of benzene rings is 1. The summed E-state index contributed by atoms with van der Waals surface area (Å²) >= 11 is 6.10. The first-order valence-electron chi connectivity index (χ1n) is 8.49. The van der Waals surface area contributed by atoms with Crippen molar-refractivity contribution in [1.29, 1.82) is 0 Å². The molecule has 1 saturated carbocycles. The number of nitrogens with one attached hydrogen (secondary N) is 1. The number of anilines is 2. The number of hydrogen-bond acceptors (Lipinski definition) is 5. The van der Waals surface area contributed by atoms with Gasteiger partial charge in [-0.3, -0.25) is 0 Å². The molecular weight excluding hydrogens is 324 g/mol. The van der Waals surface area contributed by atoms with Crippen molar-refractivity contribution in [2.24, 2.45) is 0 Å². The second kappa shape index (κ2) is 6.57. The third-order valence-electron chi connectivity index (χ3n) is 4.63. The largest absolute Gasteiger partial charge is 0.395 e. The minimum Gasteiger partial charge on any atom is -0.395 e. The quantitative estimate of drug-likeness (QED) is 0.873. The predicted octanol–water partition coefficient (Wildman–Crippen LogP) is 2.97. The molecular formula is C18H21ClN4O. The minimum atomic E-state index is 0.0736. The summed E-state index contributed by atoms with van der Waals surface area (Å²) in [6, 6.07) is 8.26. The van der Waals surface area contributed by atoms with Crippen LogP contribution in [-0.4, -0.2) is 34.8 Å². The highest BCUT2D eigenvalue weighted by atomic mass is 35.5. The van der Waals surface area contributed by atoms with E-state index in [1.165, 1.54) is 24.0 Å². The Morgan fingerprint density at radius 2 is 2.08 bits per heavy atom. The molecule has 5 nitrogen and oxygen atoms in total. The molecule has 126 valence electrons. The topological polar surface area (TPSA) is 61.3 Å². The lowest BCUT2D eigenvalue weighted by Gasteiger charge is -2.30. The molecule has 1 aromatic heterocycles. The number of fused-ring (bicyclic) bond motifs is 1. The minimum absolute atomic E-state index is 0.0736. The molecule has 1 aliphatic heterocycles. The van der Waals surface area contributed by atoms with Gasteiger partial charge in [0.15, 0.2) is 0 Å². The van der Waals surface area contributed by atoms with Gasteiger partial charge in [-0.1, -0.05) is 17.7 Å². The van der Waals surface area contributed by atoms with Crippen molar-refractivity contribution in [3.05, 3.63) is 46.1 Å². The molecule has 1 fully saturated rings. The fourth-order valence-corrected chi connectivity index (χ4v) is 3.36. The number of aliphatic hydroxyl groups excluding tert-OH is 1. The van der Waals surface area contributed by atoms with Gasteiger partial charge in [0, 0.05) is 36.6 Å². The van der Waals surface area contributed by atoms with Crippen LogP contribution in [-0.2, 0) is 13.0 Å². The highest BCUT2D eigenvalue weighted by Crippen LogP contribution is 2.40. The summed E-state index contributed by atoms with van der Waals surface area (Å²) < 4.78 is 0. The van der Waals surface area contributed by atoms with Crippen molar-refractivity contribution in [2.75, 3.05) is 29.9 Å². The van der Waals surface area contributed by atoms with Crippen LogP contribution in [0.3, 0.4) is 0 Å². The van der Waals surface area contributed by atoms with E-state index in [1.54, 1.807) is 0 Å². The van der Waals surface area contributed by atoms with Gasteiger partial charge in [0.05, 0.1) is 12.3 Å². The molecule has 0 spiro atoms. The van der Waals surface area contributed by atoms with Crippen LogP contribution in [0.1, 0.15) is 35.6 Å². The number of halogens is 1. The Hall–Kier alpha value is -1.85. The molecule has 0 unspecified atom stereocenters. The van der Waals surface area contributed by atoms with Crippen molar-refractivity contribution in [3.8, 4) is 0 Å². The second-order valence-corrected chi connectivity index (χ2v) is 6.92. The summed E-state index contributed by atoms with van der Waals surface area (Å²) in [6.07, 6.45) is 3.38. The number of hydrogen-bond donors (Lipinski definition) is 2. The molecule has 1 aromatic carbocycles. The highest BCUT2D eigenvalue weighted by molar-refractivity contribution is 6.30. The second-order valence-electron chi connectivity index (χ2n) is 6.48. The molecule has 0 amide bonds. The average molecular weight is 345 g/mol. The summed E-state index contributed by atoms with van der Waals surface area (Å²) in [5, 5.41) is 12.9. The number of nitrogens with zero attached hydrogens (tertiary/aromatic N) is 3. The molecule has 2 heterocycles. The van der Waals surface area contributed by atoms with Gasteiger partial charge in [-0.05, 0) is 42.5 Å². The molecule has 24 heavy (non-hydrogen) atoms. The fourth-order valence-electron chi connectivity index (χ4n) is 3.17. The molecule has 6 heteroatoms. The number of aromatic nitrogens is 2. The van der Waals surface area contributed by atoms with Crippen LogP contribution in [0.4, 0.5) is 11.8 Å². The van der Waals surface area contributed by atoms with E-state index in [9.17, 15) is 0 Å². The Labute approximate surface area is 146 Å². The first-order valence-corrected chi connectivity index (χ1v) is 8.86. The van der Waals surface area contributed by atoms with Crippen LogP contribution in [0.25, 0.3) is 0 Å². The van der Waals surface area contributed by atoms with E-state index < -0.39 is 0 Å². The number of rotatable bonds is 5. The maximum absolute atomic E-state index is 9.03. The van der Waals surface area contributed by atoms with Crippen LogP contribution < -0.4 is 10.2 Å². The van der Waals surface area contributed by atoms with Crippen LogP contribution in [0.2, 0.25) is 5.02 Å². The van der Waals surface area contributed by atoms with Crippen molar-refractivity contribution < 1.29 is 5.11 Å². The highest BCUT2D eigenvalue weighted by Gasteiger charge is 2.27. The van der Waals surface area contributed by atoms with Gasteiger partial charge >= 0.3 is 0 Å². The normalized spacial score (nSPS) is 16.8. The Morgan fingerprint density at radius 3 is 2.88 bits per heavy atom. The van der Waals surface area contributed by atoms with Gasteiger partial charge in [-0.25, -0.2) is 4.98 Å². The van der Waals surface area contributed by atoms with Crippen molar-refractivity contribution in [3.63, 3.8) is 0 Å².